The summed E-state index contributed by atoms with van der Waals surface area (Å²) < 4.78 is 6.05. The Labute approximate surface area is 169 Å². The minimum absolute atomic E-state index is 0.293. The number of halogens is 1. The SMILES string of the molecule is O=C(OCC(=O)N1c2ccccc2Sc2ccccc21)c1cccc(Br)c1. The lowest BCUT2D eigenvalue weighted by atomic mass is 10.2. The average Bonchev–Trinajstić information content (AvgIpc) is 2.70. The average molecular weight is 440 g/mol. The molecule has 4 rings (SSSR count). The van der Waals surface area contributed by atoms with Crippen molar-refractivity contribution >= 4 is 50.9 Å². The Morgan fingerprint density at radius 3 is 2.15 bits per heavy atom. The van der Waals surface area contributed by atoms with Crippen molar-refractivity contribution in [3.63, 3.8) is 0 Å². The highest BCUT2D eigenvalue weighted by atomic mass is 79.9. The maximum Gasteiger partial charge on any atom is 0.338 e. The van der Waals surface area contributed by atoms with Crippen LogP contribution < -0.4 is 4.90 Å². The molecule has 0 atom stereocenters. The number of hydrogen-bond donors (Lipinski definition) is 0. The number of rotatable bonds is 3. The van der Waals surface area contributed by atoms with Gasteiger partial charge in [-0.25, -0.2) is 4.79 Å². The number of para-hydroxylation sites is 2. The zero-order valence-electron chi connectivity index (χ0n) is 14.1. The molecule has 27 heavy (non-hydrogen) atoms. The van der Waals surface area contributed by atoms with E-state index in [1.54, 1.807) is 34.9 Å². The van der Waals surface area contributed by atoms with Crippen molar-refractivity contribution in [2.75, 3.05) is 11.5 Å². The summed E-state index contributed by atoms with van der Waals surface area (Å²) in [6.45, 7) is -0.335. The molecule has 0 spiro atoms. The molecular formula is C21H14BrNO3S. The lowest BCUT2D eigenvalue weighted by Crippen LogP contribution is -2.32. The molecule has 1 amide bonds. The van der Waals surface area contributed by atoms with Crippen LogP contribution in [0.2, 0.25) is 0 Å². The van der Waals surface area contributed by atoms with Gasteiger partial charge in [0, 0.05) is 14.3 Å². The molecule has 0 saturated carbocycles. The van der Waals surface area contributed by atoms with Crippen LogP contribution in [-0.4, -0.2) is 18.5 Å². The molecule has 0 fully saturated rings. The Morgan fingerprint density at radius 1 is 0.889 bits per heavy atom. The molecular weight excluding hydrogens is 426 g/mol. The van der Waals surface area contributed by atoms with Crippen molar-refractivity contribution in [2.24, 2.45) is 0 Å². The van der Waals surface area contributed by atoms with Crippen molar-refractivity contribution in [3.8, 4) is 0 Å². The fourth-order valence-corrected chi connectivity index (χ4v) is 4.32. The molecule has 0 N–H and O–H groups in total. The summed E-state index contributed by atoms with van der Waals surface area (Å²) in [5.41, 5.74) is 1.99. The molecule has 3 aromatic carbocycles. The lowest BCUT2D eigenvalue weighted by Gasteiger charge is -2.30. The standard InChI is InChI=1S/C21H14BrNO3S/c22-15-7-5-6-14(12-15)21(25)26-13-20(24)23-16-8-1-3-10-18(16)27-19-11-4-2-9-17(19)23/h1-12H,13H2. The van der Waals surface area contributed by atoms with Crippen molar-refractivity contribution in [1.82, 2.24) is 0 Å². The van der Waals surface area contributed by atoms with E-state index < -0.39 is 5.97 Å². The van der Waals surface area contributed by atoms with Crippen molar-refractivity contribution in [2.45, 2.75) is 9.79 Å². The minimum Gasteiger partial charge on any atom is -0.452 e. The summed E-state index contributed by atoms with van der Waals surface area (Å²) in [6.07, 6.45) is 0. The van der Waals surface area contributed by atoms with Crippen LogP contribution in [0.1, 0.15) is 10.4 Å². The number of nitrogens with zero attached hydrogens (tertiary/aromatic N) is 1. The van der Waals surface area contributed by atoms with Gasteiger partial charge in [0.05, 0.1) is 16.9 Å². The van der Waals surface area contributed by atoms with Crippen LogP contribution in [0.15, 0.2) is 87.1 Å². The highest BCUT2D eigenvalue weighted by Gasteiger charge is 2.28. The highest BCUT2D eigenvalue weighted by molar-refractivity contribution is 9.10. The number of esters is 1. The first-order valence-corrected chi connectivity index (χ1v) is 9.86. The van der Waals surface area contributed by atoms with Gasteiger partial charge in [-0.05, 0) is 42.5 Å². The number of carbonyl (C=O) groups is 2. The highest BCUT2D eigenvalue weighted by Crippen LogP contribution is 2.47. The number of amides is 1. The van der Waals surface area contributed by atoms with Gasteiger partial charge >= 0.3 is 5.97 Å². The first kappa shape index (κ1) is 17.8. The van der Waals surface area contributed by atoms with E-state index in [1.165, 1.54) is 0 Å². The first-order valence-electron chi connectivity index (χ1n) is 8.25. The number of carbonyl (C=O) groups excluding carboxylic acids is 2. The zero-order valence-corrected chi connectivity index (χ0v) is 16.5. The van der Waals surface area contributed by atoms with Crippen LogP contribution in [0.25, 0.3) is 0 Å². The molecule has 1 aliphatic heterocycles. The van der Waals surface area contributed by atoms with E-state index in [0.29, 0.717) is 5.56 Å². The predicted molar refractivity (Wildman–Crippen MR) is 109 cm³/mol. The Bertz CT molecular complexity index is 992. The van der Waals surface area contributed by atoms with Crippen LogP contribution in [0.3, 0.4) is 0 Å². The predicted octanol–water partition coefficient (Wildman–Crippen LogP) is 5.44. The van der Waals surface area contributed by atoms with Gasteiger partial charge in [-0.2, -0.15) is 0 Å². The summed E-state index contributed by atoms with van der Waals surface area (Å²) in [5, 5.41) is 0. The molecule has 0 saturated heterocycles. The monoisotopic (exact) mass is 439 g/mol. The number of ether oxygens (including phenoxy) is 1. The first-order chi connectivity index (χ1) is 13.1. The van der Waals surface area contributed by atoms with E-state index in [9.17, 15) is 9.59 Å². The molecule has 6 heteroatoms. The Balaban J connectivity index is 1.58. The zero-order chi connectivity index (χ0) is 18.8. The van der Waals surface area contributed by atoms with E-state index >= 15 is 0 Å². The smallest absolute Gasteiger partial charge is 0.338 e. The topological polar surface area (TPSA) is 46.6 Å². The summed E-state index contributed by atoms with van der Waals surface area (Å²) in [6, 6.07) is 22.3. The molecule has 4 nitrogen and oxygen atoms in total. The maximum atomic E-state index is 13.0. The molecule has 0 unspecified atom stereocenters. The van der Waals surface area contributed by atoms with Gasteiger partial charge in [-0.15, -0.1) is 0 Å². The minimum atomic E-state index is -0.530. The third-order valence-corrected chi connectivity index (χ3v) is 5.69. The van der Waals surface area contributed by atoms with Gasteiger partial charge in [-0.1, -0.05) is 58.0 Å². The van der Waals surface area contributed by atoms with Crippen LogP contribution in [0.4, 0.5) is 11.4 Å². The molecule has 0 aliphatic carbocycles. The molecule has 3 aromatic rings. The van der Waals surface area contributed by atoms with Crippen molar-refractivity contribution in [3.05, 3.63) is 82.8 Å². The van der Waals surface area contributed by atoms with E-state index in [4.69, 9.17) is 4.74 Å². The maximum absolute atomic E-state index is 13.0. The molecule has 1 heterocycles. The van der Waals surface area contributed by atoms with Gasteiger partial charge in [0.25, 0.3) is 5.91 Å². The second kappa shape index (κ2) is 7.58. The van der Waals surface area contributed by atoms with E-state index in [0.717, 1.165) is 25.6 Å². The van der Waals surface area contributed by atoms with Gasteiger partial charge in [0.1, 0.15) is 0 Å². The largest absolute Gasteiger partial charge is 0.452 e. The molecule has 0 bridgehead atoms. The van der Waals surface area contributed by atoms with Crippen LogP contribution in [0.5, 0.6) is 0 Å². The van der Waals surface area contributed by atoms with E-state index in [1.807, 2.05) is 54.6 Å². The molecule has 0 radical (unpaired) electrons. The van der Waals surface area contributed by atoms with Crippen molar-refractivity contribution < 1.29 is 14.3 Å². The van der Waals surface area contributed by atoms with Gasteiger partial charge in [0.15, 0.2) is 6.61 Å². The van der Waals surface area contributed by atoms with Crippen LogP contribution >= 0.6 is 27.7 Å². The number of benzene rings is 3. The number of anilines is 2. The summed E-state index contributed by atoms with van der Waals surface area (Å²) in [7, 11) is 0. The van der Waals surface area contributed by atoms with Gasteiger partial charge in [-0.3, -0.25) is 9.69 Å². The van der Waals surface area contributed by atoms with Crippen LogP contribution in [-0.2, 0) is 9.53 Å². The van der Waals surface area contributed by atoms with Gasteiger partial charge < -0.3 is 4.74 Å². The lowest BCUT2D eigenvalue weighted by molar-refractivity contribution is -0.121. The van der Waals surface area contributed by atoms with Crippen molar-refractivity contribution in [1.29, 1.82) is 0 Å². The fraction of sp³-hybridized carbons (Fsp3) is 0.0476. The third kappa shape index (κ3) is 3.63. The quantitative estimate of drug-likeness (QED) is 0.510. The van der Waals surface area contributed by atoms with E-state index in [2.05, 4.69) is 15.9 Å². The summed E-state index contributed by atoms with van der Waals surface area (Å²) in [4.78, 5) is 28.8. The van der Waals surface area contributed by atoms with Gasteiger partial charge in [0.2, 0.25) is 0 Å². The van der Waals surface area contributed by atoms with Crippen LogP contribution in [0, 0.1) is 0 Å². The second-order valence-corrected chi connectivity index (χ2v) is 7.85. The number of hydrogen-bond acceptors (Lipinski definition) is 4. The van der Waals surface area contributed by atoms with E-state index in [-0.39, 0.29) is 12.5 Å². The normalized spacial score (nSPS) is 12.1. The molecule has 134 valence electrons. The Kier molecular flexibility index (Phi) is 5.01. The Morgan fingerprint density at radius 2 is 1.52 bits per heavy atom. The Hall–Kier alpha value is -2.57. The summed E-state index contributed by atoms with van der Waals surface area (Å²) in [5.74, 6) is -0.823. The fourth-order valence-electron chi connectivity index (χ4n) is 2.86. The number of fused-ring (bicyclic) bond motifs is 2. The molecule has 0 aromatic heterocycles. The second-order valence-electron chi connectivity index (χ2n) is 5.85. The molecule has 1 aliphatic rings. The summed E-state index contributed by atoms with van der Waals surface area (Å²) >= 11 is 4.94. The third-order valence-electron chi connectivity index (χ3n) is 4.07.